The Morgan fingerprint density at radius 3 is 2.65 bits per heavy atom. The second-order valence-electron chi connectivity index (χ2n) is 4.02. The third kappa shape index (κ3) is 4.06. The van der Waals surface area contributed by atoms with Crippen LogP contribution >= 0.6 is 11.8 Å². The van der Waals surface area contributed by atoms with Gasteiger partial charge in [0, 0.05) is 11.3 Å². The maximum Gasteiger partial charge on any atom is 0.315 e. The summed E-state index contributed by atoms with van der Waals surface area (Å²) in [6.07, 6.45) is 0. The summed E-state index contributed by atoms with van der Waals surface area (Å²) < 4.78 is 4.65. The predicted octanol–water partition coefficient (Wildman–Crippen LogP) is 2.29. The molecule has 4 heteroatoms. The predicted molar refractivity (Wildman–Crippen MR) is 72.0 cm³/mol. The fourth-order valence-corrected chi connectivity index (χ4v) is 2.83. The van der Waals surface area contributed by atoms with Gasteiger partial charge in [0.25, 0.3) is 0 Å². The Morgan fingerprint density at radius 1 is 1.47 bits per heavy atom. The molecule has 0 spiro atoms. The van der Waals surface area contributed by atoms with E-state index in [1.165, 1.54) is 30.0 Å². The van der Waals surface area contributed by atoms with Gasteiger partial charge in [-0.25, -0.2) is 0 Å². The first-order chi connectivity index (χ1) is 8.06. The minimum absolute atomic E-state index is 0.00856. The standard InChI is InChI=1S/C13H19NO2S/c1-9-6-4-5-7-11(9)13(10(2)14)17-8-12(15)16-3/h4-7,10,13H,8,14H2,1-3H3. The Kier molecular flexibility index (Phi) is 5.51. The highest BCUT2D eigenvalue weighted by molar-refractivity contribution is 8.00. The number of rotatable bonds is 5. The smallest absolute Gasteiger partial charge is 0.315 e. The molecule has 94 valence electrons. The number of thioether (sulfide) groups is 1. The van der Waals surface area contributed by atoms with Crippen molar-refractivity contribution in [3.8, 4) is 0 Å². The third-order valence-electron chi connectivity index (χ3n) is 2.58. The topological polar surface area (TPSA) is 52.3 Å². The van der Waals surface area contributed by atoms with Crippen LogP contribution in [0.5, 0.6) is 0 Å². The third-order valence-corrected chi connectivity index (χ3v) is 4.03. The van der Waals surface area contributed by atoms with Crippen LogP contribution in [0.4, 0.5) is 0 Å². The fourth-order valence-electron chi connectivity index (χ4n) is 1.65. The van der Waals surface area contributed by atoms with Gasteiger partial charge in [0.05, 0.1) is 12.9 Å². The van der Waals surface area contributed by atoms with Crippen LogP contribution in [0.1, 0.15) is 23.3 Å². The highest BCUT2D eigenvalue weighted by Crippen LogP contribution is 2.33. The van der Waals surface area contributed by atoms with Crippen molar-refractivity contribution in [1.29, 1.82) is 0 Å². The van der Waals surface area contributed by atoms with Crippen molar-refractivity contribution in [2.45, 2.75) is 25.1 Å². The number of carbonyl (C=O) groups is 1. The highest BCUT2D eigenvalue weighted by Gasteiger charge is 2.19. The molecule has 0 radical (unpaired) electrons. The molecule has 0 bridgehead atoms. The summed E-state index contributed by atoms with van der Waals surface area (Å²) in [5.74, 6) is 0.117. The minimum Gasteiger partial charge on any atom is -0.468 e. The summed E-state index contributed by atoms with van der Waals surface area (Å²) >= 11 is 1.53. The number of aryl methyl sites for hydroxylation is 1. The molecule has 1 aromatic carbocycles. The molecule has 0 amide bonds. The van der Waals surface area contributed by atoms with Gasteiger partial charge < -0.3 is 10.5 Å². The number of hydrogen-bond donors (Lipinski definition) is 1. The van der Waals surface area contributed by atoms with Gasteiger partial charge in [-0.1, -0.05) is 24.3 Å². The van der Waals surface area contributed by atoms with E-state index in [0.717, 1.165) is 0 Å². The van der Waals surface area contributed by atoms with Crippen molar-refractivity contribution < 1.29 is 9.53 Å². The number of benzene rings is 1. The monoisotopic (exact) mass is 253 g/mol. The van der Waals surface area contributed by atoms with E-state index in [-0.39, 0.29) is 17.3 Å². The largest absolute Gasteiger partial charge is 0.468 e. The molecule has 0 aromatic heterocycles. The first-order valence-electron chi connectivity index (χ1n) is 5.55. The first kappa shape index (κ1) is 14.1. The van der Waals surface area contributed by atoms with Gasteiger partial charge in [0.2, 0.25) is 0 Å². The van der Waals surface area contributed by atoms with E-state index < -0.39 is 0 Å². The van der Waals surface area contributed by atoms with E-state index in [4.69, 9.17) is 5.73 Å². The van der Waals surface area contributed by atoms with E-state index in [9.17, 15) is 4.79 Å². The van der Waals surface area contributed by atoms with E-state index >= 15 is 0 Å². The lowest BCUT2D eigenvalue weighted by Crippen LogP contribution is -2.24. The van der Waals surface area contributed by atoms with Crippen LogP contribution < -0.4 is 5.73 Å². The Balaban J connectivity index is 2.80. The van der Waals surface area contributed by atoms with Crippen molar-refractivity contribution in [2.24, 2.45) is 5.73 Å². The number of hydrogen-bond acceptors (Lipinski definition) is 4. The molecule has 0 fully saturated rings. The molecule has 1 aromatic rings. The van der Waals surface area contributed by atoms with Crippen LogP contribution in [0, 0.1) is 6.92 Å². The lowest BCUT2D eigenvalue weighted by molar-refractivity contribution is -0.137. The van der Waals surface area contributed by atoms with Crippen molar-refractivity contribution in [3.63, 3.8) is 0 Å². The number of ether oxygens (including phenoxy) is 1. The van der Waals surface area contributed by atoms with Crippen molar-refractivity contribution >= 4 is 17.7 Å². The SMILES string of the molecule is COC(=O)CSC(c1ccccc1C)C(C)N. The molecule has 3 nitrogen and oxygen atoms in total. The Morgan fingerprint density at radius 2 is 2.12 bits per heavy atom. The zero-order valence-electron chi connectivity index (χ0n) is 10.5. The van der Waals surface area contributed by atoms with E-state index in [1.807, 2.05) is 19.1 Å². The molecule has 0 aliphatic heterocycles. The molecule has 2 unspecified atom stereocenters. The van der Waals surface area contributed by atoms with Crippen LogP contribution in [0.25, 0.3) is 0 Å². The lowest BCUT2D eigenvalue weighted by Gasteiger charge is -2.22. The van der Waals surface area contributed by atoms with Crippen LogP contribution in [-0.2, 0) is 9.53 Å². The van der Waals surface area contributed by atoms with Crippen molar-refractivity contribution in [3.05, 3.63) is 35.4 Å². The average molecular weight is 253 g/mol. The van der Waals surface area contributed by atoms with Gasteiger partial charge in [-0.3, -0.25) is 4.79 Å². The highest BCUT2D eigenvalue weighted by atomic mass is 32.2. The van der Waals surface area contributed by atoms with E-state index in [0.29, 0.717) is 5.75 Å². The van der Waals surface area contributed by atoms with Crippen LogP contribution in [0.2, 0.25) is 0 Å². The Hall–Kier alpha value is -1.00. The summed E-state index contributed by atoms with van der Waals surface area (Å²) in [6, 6.07) is 8.11. The Labute approximate surface area is 107 Å². The Bertz CT molecular complexity index is 379. The normalized spacial score (nSPS) is 14.1. The van der Waals surface area contributed by atoms with Crippen LogP contribution in [0.3, 0.4) is 0 Å². The maximum absolute atomic E-state index is 11.2. The molecule has 17 heavy (non-hydrogen) atoms. The fraction of sp³-hybridized carbons (Fsp3) is 0.462. The zero-order valence-corrected chi connectivity index (χ0v) is 11.3. The molecule has 1 rings (SSSR count). The second kappa shape index (κ2) is 6.67. The zero-order chi connectivity index (χ0) is 12.8. The summed E-state index contributed by atoms with van der Waals surface area (Å²) in [6.45, 7) is 4.02. The van der Waals surface area contributed by atoms with Gasteiger partial charge in [0.1, 0.15) is 0 Å². The van der Waals surface area contributed by atoms with Gasteiger partial charge in [-0.2, -0.15) is 0 Å². The first-order valence-corrected chi connectivity index (χ1v) is 6.60. The van der Waals surface area contributed by atoms with Crippen LogP contribution in [0.15, 0.2) is 24.3 Å². The molecule has 0 saturated carbocycles. The second-order valence-corrected chi connectivity index (χ2v) is 5.15. The van der Waals surface area contributed by atoms with Crippen molar-refractivity contribution in [1.82, 2.24) is 0 Å². The molecular weight excluding hydrogens is 234 g/mol. The molecule has 0 heterocycles. The average Bonchev–Trinajstić information content (AvgIpc) is 2.30. The number of nitrogens with two attached hydrogens (primary N) is 1. The molecule has 0 aliphatic carbocycles. The minimum atomic E-state index is -0.214. The molecular formula is C13H19NO2S. The number of carbonyl (C=O) groups excluding carboxylic acids is 1. The van der Waals surface area contributed by atoms with Gasteiger partial charge in [-0.05, 0) is 25.0 Å². The number of esters is 1. The molecule has 0 aliphatic rings. The summed E-state index contributed by atoms with van der Waals surface area (Å²) in [5.41, 5.74) is 8.38. The van der Waals surface area contributed by atoms with Gasteiger partial charge in [0.15, 0.2) is 0 Å². The molecule has 0 saturated heterocycles. The lowest BCUT2D eigenvalue weighted by atomic mass is 10.0. The van der Waals surface area contributed by atoms with Crippen LogP contribution in [-0.4, -0.2) is 24.9 Å². The molecule has 2 atom stereocenters. The van der Waals surface area contributed by atoms with Gasteiger partial charge >= 0.3 is 5.97 Å². The number of methoxy groups -OCH3 is 1. The van der Waals surface area contributed by atoms with Crippen molar-refractivity contribution in [2.75, 3.05) is 12.9 Å². The quantitative estimate of drug-likeness (QED) is 0.818. The van der Waals surface area contributed by atoms with E-state index in [2.05, 4.69) is 23.8 Å². The summed E-state index contributed by atoms with van der Waals surface area (Å²) in [5, 5.41) is 0.121. The maximum atomic E-state index is 11.2. The summed E-state index contributed by atoms with van der Waals surface area (Å²) in [7, 11) is 1.40. The van der Waals surface area contributed by atoms with E-state index in [1.54, 1.807) is 0 Å². The summed E-state index contributed by atoms with van der Waals surface area (Å²) in [4.78, 5) is 11.2. The van der Waals surface area contributed by atoms with Gasteiger partial charge in [-0.15, -0.1) is 11.8 Å². The molecule has 2 N–H and O–H groups in total.